The standard InChI is InChI=1S/C21H20N4O3S/c1-27-16-6-5-12(10-17(16)28-2)20-19-14(24-21-22-11-23-25(20)21)8-13(9-15(19)26)18-4-3-7-29-18/h3-8,10-11,13,19-20H,9H2,1-2H3,(H,22,23,24)/t13-,19+,20+/m1/s1. The SMILES string of the molecule is COc1ccc([C@H]2[C@@H]3C(=O)C[C@H](c4cccs4)C=C3Nc3ncnn32)cc1OC. The average Bonchev–Trinajstić information content (AvgIpc) is 3.43. The third-order valence-electron chi connectivity index (χ3n) is 5.55. The van der Waals surface area contributed by atoms with E-state index >= 15 is 0 Å². The lowest BCUT2D eigenvalue weighted by atomic mass is 9.77. The summed E-state index contributed by atoms with van der Waals surface area (Å²) < 4.78 is 12.6. The Hall–Kier alpha value is -3.13. The van der Waals surface area contributed by atoms with Crippen LogP contribution in [0.1, 0.15) is 28.8 Å². The first-order valence-electron chi connectivity index (χ1n) is 9.36. The molecule has 2 aliphatic rings. The highest BCUT2D eigenvalue weighted by Crippen LogP contribution is 2.45. The topological polar surface area (TPSA) is 78.3 Å². The maximum absolute atomic E-state index is 13.3. The molecule has 148 valence electrons. The van der Waals surface area contributed by atoms with Crippen molar-refractivity contribution in [1.82, 2.24) is 14.8 Å². The normalized spacial score (nSPS) is 22.9. The summed E-state index contributed by atoms with van der Waals surface area (Å²) in [7, 11) is 3.21. The summed E-state index contributed by atoms with van der Waals surface area (Å²) >= 11 is 1.68. The second-order valence-electron chi connectivity index (χ2n) is 7.10. The van der Waals surface area contributed by atoms with Crippen LogP contribution in [0.2, 0.25) is 0 Å². The number of methoxy groups -OCH3 is 2. The minimum Gasteiger partial charge on any atom is -0.493 e. The third kappa shape index (κ3) is 2.91. The Morgan fingerprint density at radius 2 is 2.07 bits per heavy atom. The Morgan fingerprint density at radius 1 is 1.21 bits per heavy atom. The molecule has 3 atom stereocenters. The van der Waals surface area contributed by atoms with Gasteiger partial charge in [0.1, 0.15) is 12.1 Å². The van der Waals surface area contributed by atoms with E-state index < -0.39 is 0 Å². The number of fused-ring (bicyclic) bond motifs is 2. The van der Waals surface area contributed by atoms with Crippen molar-refractivity contribution in [1.29, 1.82) is 0 Å². The van der Waals surface area contributed by atoms with Crippen molar-refractivity contribution in [3.8, 4) is 11.5 Å². The Labute approximate surface area is 172 Å². The van der Waals surface area contributed by atoms with Gasteiger partial charge in [-0.2, -0.15) is 10.1 Å². The van der Waals surface area contributed by atoms with E-state index in [0.717, 1.165) is 11.3 Å². The number of allylic oxidation sites excluding steroid dienone is 2. The minimum absolute atomic E-state index is 0.0850. The minimum atomic E-state index is -0.349. The van der Waals surface area contributed by atoms with Gasteiger partial charge in [0, 0.05) is 22.9 Å². The fourth-order valence-electron chi connectivity index (χ4n) is 4.23. The van der Waals surface area contributed by atoms with E-state index in [1.165, 1.54) is 11.2 Å². The van der Waals surface area contributed by atoms with Crippen molar-refractivity contribution in [3.63, 3.8) is 0 Å². The number of Topliss-reactive ketones (excluding diaryl/α,β-unsaturated/α-hetero) is 1. The molecule has 1 aromatic carbocycles. The monoisotopic (exact) mass is 408 g/mol. The number of hydrogen-bond acceptors (Lipinski definition) is 7. The van der Waals surface area contributed by atoms with E-state index in [1.54, 1.807) is 30.2 Å². The Kier molecular flexibility index (Phi) is 4.35. The van der Waals surface area contributed by atoms with Crippen LogP contribution in [-0.4, -0.2) is 34.8 Å². The molecule has 1 N–H and O–H groups in total. The molecule has 0 fully saturated rings. The van der Waals surface area contributed by atoms with Gasteiger partial charge in [-0.05, 0) is 29.1 Å². The first-order valence-corrected chi connectivity index (χ1v) is 10.2. The molecule has 3 heterocycles. The Balaban J connectivity index is 1.62. The number of nitrogens with zero attached hydrogens (tertiary/aromatic N) is 3. The third-order valence-corrected chi connectivity index (χ3v) is 6.55. The van der Waals surface area contributed by atoms with Gasteiger partial charge in [0.05, 0.1) is 26.2 Å². The van der Waals surface area contributed by atoms with Crippen molar-refractivity contribution in [2.45, 2.75) is 18.4 Å². The van der Waals surface area contributed by atoms with Gasteiger partial charge in [0.2, 0.25) is 5.95 Å². The number of ketones is 1. The van der Waals surface area contributed by atoms with E-state index in [-0.39, 0.29) is 23.7 Å². The summed E-state index contributed by atoms with van der Waals surface area (Å²) in [6.07, 6.45) is 4.16. The van der Waals surface area contributed by atoms with Gasteiger partial charge < -0.3 is 14.8 Å². The predicted molar refractivity (Wildman–Crippen MR) is 110 cm³/mol. The van der Waals surface area contributed by atoms with Gasteiger partial charge in [-0.15, -0.1) is 11.3 Å². The van der Waals surface area contributed by atoms with Crippen molar-refractivity contribution in [3.05, 3.63) is 64.3 Å². The van der Waals surface area contributed by atoms with Gasteiger partial charge >= 0.3 is 0 Å². The molecule has 29 heavy (non-hydrogen) atoms. The lowest BCUT2D eigenvalue weighted by Crippen LogP contribution is -2.40. The van der Waals surface area contributed by atoms with Crippen LogP contribution in [0, 0.1) is 5.92 Å². The van der Waals surface area contributed by atoms with Crippen LogP contribution in [0.15, 0.2) is 53.8 Å². The molecule has 0 amide bonds. The molecular formula is C21H20N4O3S. The first-order chi connectivity index (χ1) is 14.2. The van der Waals surface area contributed by atoms with Crippen molar-refractivity contribution >= 4 is 23.1 Å². The summed E-state index contributed by atoms with van der Waals surface area (Å²) in [6.45, 7) is 0. The Morgan fingerprint density at radius 3 is 2.83 bits per heavy atom. The summed E-state index contributed by atoms with van der Waals surface area (Å²) in [5.41, 5.74) is 1.81. The van der Waals surface area contributed by atoms with Crippen LogP contribution in [0.4, 0.5) is 5.95 Å². The largest absolute Gasteiger partial charge is 0.493 e. The molecule has 0 spiro atoms. The fraction of sp³-hybridized carbons (Fsp3) is 0.286. The van der Waals surface area contributed by atoms with Gasteiger partial charge in [0.15, 0.2) is 11.5 Å². The number of hydrogen-bond donors (Lipinski definition) is 1. The average molecular weight is 408 g/mol. The van der Waals surface area contributed by atoms with Crippen LogP contribution in [0.3, 0.4) is 0 Å². The number of thiophene rings is 1. The first kappa shape index (κ1) is 17.9. The molecular weight excluding hydrogens is 388 g/mol. The molecule has 5 rings (SSSR count). The molecule has 8 heteroatoms. The zero-order chi connectivity index (χ0) is 20.0. The van der Waals surface area contributed by atoms with Gasteiger partial charge in [0.25, 0.3) is 0 Å². The summed E-state index contributed by atoms with van der Waals surface area (Å²) in [6, 6.07) is 9.54. The van der Waals surface area contributed by atoms with Gasteiger partial charge in [-0.3, -0.25) is 4.79 Å². The molecule has 1 aliphatic carbocycles. The highest BCUT2D eigenvalue weighted by molar-refractivity contribution is 7.10. The lowest BCUT2D eigenvalue weighted by Gasteiger charge is -2.37. The Bertz CT molecular complexity index is 1090. The maximum Gasteiger partial charge on any atom is 0.226 e. The molecule has 0 bridgehead atoms. The number of ether oxygens (including phenoxy) is 2. The van der Waals surface area contributed by atoms with Crippen LogP contribution >= 0.6 is 11.3 Å². The number of aromatic nitrogens is 3. The number of benzene rings is 1. The van der Waals surface area contributed by atoms with E-state index in [0.29, 0.717) is 23.9 Å². The molecule has 3 aromatic rings. The zero-order valence-electron chi connectivity index (χ0n) is 16.0. The van der Waals surface area contributed by atoms with Crippen LogP contribution in [0.5, 0.6) is 11.5 Å². The zero-order valence-corrected chi connectivity index (χ0v) is 16.8. The number of rotatable bonds is 4. The van der Waals surface area contributed by atoms with E-state index in [9.17, 15) is 4.79 Å². The van der Waals surface area contributed by atoms with Gasteiger partial charge in [-0.1, -0.05) is 18.2 Å². The smallest absolute Gasteiger partial charge is 0.226 e. The molecule has 0 saturated carbocycles. The lowest BCUT2D eigenvalue weighted by molar-refractivity contribution is -0.123. The number of carbonyl (C=O) groups is 1. The van der Waals surface area contributed by atoms with Crippen LogP contribution in [0.25, 0.3) is 0 Å². The van der Waals surface area contributed by atoms with E-state index in [2.05, 4.69) is 27.5 Å². The van der Waals surface area contributed by atoms with Crippen molar-refractivity contribution in [2.75, 3.05) is 19.5 Å². The maximum atomic E-state index is 13.3. The molecule has 1 aliphatic heterocycles. The van der Waals surface area contributed by atoms with Crippen LogP contribution < -0.4 is 14.8 Å². The molecule has 7 nitrogen and oxygen atoms in total. The highest BCUT2D eigenvalue weighted by atomic mass is 32.1. The summed E-state index contributed by atoms with van der Waals surface area (Å²) in [4.78, 5) is 18.9. The summed E-state index contributed by atoms with van der Waals surface area (Å²) in [5.74, 6) is 1.82. The van der Waals surface area contributed by atoms with Gasteiger partial charge in [-0.25, -0.2) is 4.68 Å². The molecule has 2 aromatic heterocycles. The predicted octanol–water partition coefficient (Wildman–Crippen LogP) is 3.63. The second kappa shape index (κ2) is 7.04. The second-order valence-corrected chi connectivity index (χ2v) is 8.08. The molecule has 0 unspecified atom stereocenters. The quantitative estimate of drug-likeness (QED) is 0.710. The molecule has 0 saturated heterocycles. The highest BCUT2D eigenvalue weighted by Gasteiger charge is 2.43. The number of carbonyl (C=O) groups excluding carboxylic acids is 1. The van der Waals surface area contributed by atoms with E-state index in [1.807, 2.05) is 29.6 Å². The van der Waals surface area contributed by atoms with E-state index in [4.69, 9.17) is 9.47 Å². The molecule has 0 radical (unpaired) electrons. The number of anilines is 1. The number of nitrogens with one attached hydrogen (secondary N) is 1. The van der Waals surface area contributed by atoms with Crippen molar-refractivity contribution in [2.24, 2.45) is 5.92 Å². The van der Waals surface area contributed by atoms with Crippen molar-refractivity contribution < 1.29 is 14.3 Å². The van der Waals surface area contributed by atoms with Crippen LogP contribution in [-0.2, 0) is 4.79 Å². The summed E-state index contributed by atoms with van der Waals surface area (Å²) in [5, 5.41) is 9.77. The fourth-order valence-corrected chi connectivity index (χ4v) is 5.03.